The quantitative estimate of drug-likeness (QED) is 0.803. The lowest BCUT2D eigenvalue weighted by atomic mass is 10.0. The summed E-state index contributed by atoms with van der Waals surface area (Å²) in [6.45, 7) is 0.0254. The molecule has 0 heterocycles. The monoisotopic (exact) mass is 347 g/mol. The van der Waals surface area contributed by atoms with Gasteiger partial charge in [0.1, 0.15) is 18.2 Å². The number of carbonyl (C=O) groups excluding carboxylic acids is 1. The van der Waals surface area contributed by atoms with Crippen molar-refractivity contribution in [2.75, 3.05) is 7.11 Å². The molecule has 0 unspecified atom stereocenters. The van der Waals surface area contributed by atoms with Crippen LogP contribution in [0.3, 0.4) is 0 Å². The van der Waals surface area contributed by atoms with Gasteiger partial charge in [0.25, 0.3) is 0 Å². The van der Waals surface area contributed by atoms with Gasteiger partial charge in [0.15, 0.2) is 0 Å². The van der Waals surface area contributed by atoms with Crippen LogP contribution in [0.1, 0.15) is 23.6 Å². The van der Waals surface area contributed by atoms with E-state index < -0.39 is 30.3 Å². The molecule has 0 fully saturated rings. The number of alkyl carbamates (subject to hydrolysis) is 1. The molecular weight excluding hydrogens is 329 g/mol. The van der Waals surface area contributed by atoms with E-state index in [0.717, 1.165) is 11.6 Å². The van der Waals surface area contributed by atoms with Gasteiger partial charge in [-0.05, 0) is 11.6 Å². The lowest BCUT2D eigenvalue weighted by Gasteiger charge is -2.18. The fraction of sp³-hybridized carbons (Fsp3) is 0.222. The second-order valence-corrected chi connectivity index (χ2v) is 5.24. The van der Waals surface area contributed by atoms with Crippen LogP contribution < -0.4 is 10.1 Å². The maximum absolute atomic E-state index is 14.2. The molecule has 0 aliphatic rings. The molecule has 132 valence electrons. The number of amides is 1. The van der Waals surface area contributed by atoms with E-state index in [-0.39, 0.29) is 12.2 Å². The Morgan fingerprint density at radius 2 is 1.92 bits per heavy atom. The number of ether oxygens (including phenoxy) is 2. The van der Waals surface area contributed by atoms with Gasteiger partial charge in [-0.3, -0.25) is 4.79 Å². The average molecular weight is 347 g/mol. The van der Waals surface area contributed by atoms with Crippen molar-refractivity contribution in [3.05, 3.63) is 65.5 Å². The van der Waals surface area contributed by atoms with Gasteiger partial charge in [0.2, 0.25) is 0 Å². The summed E-state index contributed by atoms with van der Waals surface area (Å²) in [5.41, 5.74) is 0.822. The van der Waals surface area contributed by atoms with Crippen LogP contribution in [-0.2, 0) is 16.1 Å². The largest absolute Gasteiger partial charge is 0.497 e. The molecular formula is C18H18FNO5. The predicted octanol–water partition coefficient (Wildman–Crippen LogP) is 3.28. The minimum Gasteiger partial charge on any atom is -0.497 e. The number of halogens is 1. The Morgan fingerprint density at radius 1 is 1.20 bits per heavy atom. The van der Waals surface area contributed by atoms with E-state index >= 15 is 0 Å². The second-order valence-electron chi connectivity index (χ2n) is 5.24. The van der Waals surface area contributed by atoms with Gasteiger partial charge in [0, 0.05) is 11.6 Å². The van der Waals surface area contributed by atoms with Gasteiger partial charge >= 0.3 is 12.1 Å². The number of rotatable bonds is 7. The Hall–Kier alpha value is -3.09. The standard InChI is InChI=1S/C18H18FNO5/c1-24-13-7-8-14(15(19)9-13)16(10-17(21)22)20-18(23)25-11-12-5-3-2-4-6-12/h2-9,16H,10-11H2,1H3,(H,20,23)(H,21,22)/t16-/m0/s1. The molecule has 0 aliphatic carbocycles. The van der Waals surface area contributed by atoms with Gasteiger partial charge in [0.05, 0.1) is 19.6 Å². The van der Waals surface area contributed by atoms with Crippen molar-refractivity contribution in [3.63, 3.8) is 0 Å². The summed E-state index contributed by atoms with van der Waals surface area (Å²) in [5.74, 6) is -1.56. The second kappa shape index (κ2) is 8.68. The third-order valence-electron chi connectivity index (χ3n) is 3.47. The molecule has 0 saturated heterocycles. The van der Waals surface area contributed by atoms with Crippen molar-refractivity contribution in [1.29, 1.82) is 0 Å². The van der Waals surface area contributed by atoms with Crippen molar-refractivity contribution in [1.82, 2.24) is 5.32 Å². The van der Waals surface area contributed by atoms with E-state index in [4.69, 9.17) is 14.6 Å². The predicted molar refractivity (Wildman–Crippen MR) is 87.7 cm³/mol. The smallest absolute Gasteiger partial charge is 0.407 e. The highest BCUT2D eigenvalue weighted by Gasteiger charge is 2.22. The zero-order chi connectivity index (χ0) is 18.2. The molecule has 1 amide bonds. The average Bonchev–Trinajstić information content (AvgIpc) is 2.59. The first-order valence-electron chi connectivity index (χ1n) is 7.52. The summed E-state index contributed by atoms with van der Waals surface area (Å²) in [5, 5.41) is 11.4. The third kappa shape index (κ3) is 5.49. The van der Waals surface area contributed by atoms with E-state index in [0.29, 0.717) is 5.75 Å². The fourth-order valence-electron chi connectivity index (χ4n) is 2.24. The Morgan fingerprint density at radius 3 is 2.52 bits per heavy atom. The number of aliphatic carboxylic acids is 1. The molecule has 25 heavy (non-hydrogen) atoms. The number of carboxylic acid groups (broad SMARTS) is 1. The minimum absolute atomic E-state index is 0.0254. The lowest BCUT2D eigenvalue weighted by molar-refractivity contribution is -0.137. The van der Waals surface area contributed by atoms with Gasteiger partial charge in [-0.2, -0.15) is 0 Å². The third-order valence-corrected chi connectivity index (χ3v) is 3.47. The molecule has 2 rings (SSSR count). The summed E-state index contributed by atoms with van der Waals surface area (Å²) in [4.78, 5) is 23.0. The number of hydrogen-bond acceptors (Lipinski definition) is 4. The van der Waals surface area contributed by atoms with E-state index in [9.17, 15) is 14.0 Å². The number of methoxy groups -OCH3 is 1. The summed E-state index contributed by atoms with van der Waals surface area (Å²) in [6, 6.07) is 11.9. The van der Waals surface area contributed by atoms with Crippen LogP contribution >= 0.6 is 0 Å². The number of benzene rings is 2. The highest BCUT2D eigenvalue weighted by molar-refractivity contribution is 5.72. The number of nitrogens with one attached hydrogen (secondary N) is 1. The molecule has 0 radical (unpaired) electrons. The Balaban J connectivity index is 2.06. The van der Waals surface area contributed by atoms with Crippen LogP contribution in [0.25, 0.3) is 0 Å². The van der Waals surface area contributed by atoms with E-state index in [1.165, 1.54) is 19.2 Å². The number of hydrogen-bond donors (Lipinski definition) is 2. The summed E-state index contributed by atoms with van der Waals surface area (Å²) in [7, 11) is 1.39. The molecule has 2 aromatic rings. The maximum atomic E-state index is 14.2. The Labute approximate surface area is 144 Å². The molecule has 0 aromatic heterocycles. The summed E-state index contributed by atoms with van der Waals surface area (Å²) < 4.78 is 24.1. The zero-order valence-corrected chi connectivity index (χ0v) is 13.6. The summed E-state index contributed by atoms with van der Waals surface area (Å²) in [6.07, 6.45) is -1.31. The van der Waals surface area contributed by atoms with Crippen LogP contribution in [-0.4, -0.2) is 24.3 Å². The van der Waals surface area contributed by atoms with Gasteiger partial charge in [-0.1, -0.05) is 36.4 Å². The highest BCUT2D eigenvalue weighted by atomic mass is 19.1. The van der Waals surface area contributed by atoms with E-state index in [1.54, 1.807) is 24.3 Å². The van der Waals surface area contributed by atoms with Crippen molar-refractivity contribution < 1.29 is 28.6 Å². The topological polar surface area (TPSA) is 84.9 Å². The molecule has 2 N–H and O–H groups in total. The van der Waals surface area contributed by atoms with E-state index in [1.807, 2.05) is 6.07 Å². The SMILES string of the molecule is COc1ccc([C@H](CC(=O)O)NC(=O)OCc2ccccc2)c(F)c1. The minimum atomic E-state index is -1.18. The zero-order valence-electron chi connectivity index (χ0n) is 13.6. The summed E-state index contributed by atoms with van der Waals surface area (Å²) >= 11 is 0. The van der Waals surface area contributed by atoms with Gasteiger partial charge in [-0.25, -0.2) is 9.18 Å². The molecule has 7 heteroatoms. The fourth-order valence-corrected chi connectivity index (χ4v) is 2.24. The molecule has 1 atom stereocenters. The van der Waals surface area contributed by atoms with Crippen LogP contribution in [0, 0.1) is 5.82 Å². The van der Waals surface area contributed by atoms with Crippen LogP contribution in [0.4, 0.5) is 9.18 Å². The van der Waals surface area contributed by atoms with Crippen molar-refractivity contribution >= 4 is 12.1 Å². The Kier molecular flexibility index (Phi) is 6.33. The molecule has 2 aromatic carbocycles. The van der Waals surface area contributed by atoms with Gasteiger partial charge < -0.3 is 19.9 Å². The highest BCUT2D eigenvalue weighted by Crippen LogP contribution is 2.24. The molecule has 6 nitrogen and oxygen atoms in total. The molecule has 0 aliphatic heterocycles. The van der Waals surface area contributed by atoms with Gasteiger partial charge in [-0.15, -0.1) is 0 Å². The van der Waals surface area contributed by atoms with Crippen LogP contribution in [0.2, 0.25) is 0 Å². The molecule has 0 saturated carbocycles. The molecule has 0 bridgehead atoms. The lowest BCUT2D eigenvalue weighted by Crippen LogP contribution is -2.31. The first-order valence-corrected chi connectivity index (χ1v) is 7.52. The Bertz CT molecular complexity index is 736. The molecule has 0 spiro atoms. The first-order chi connectivity index (χ1) is 12.0. The first kappa shape index (κ1) is 18.3. The normalized spacial score (nSPS) is 11.4. The van der Waals surface area contributed by atoms with Crippen LogP contribution in [0.15, 0.2) is 48.5 Å². The van der Waals surface area contributed by atoms with Crippen molar-refractivity contribution in [2.24, 2.45) is 0 Å². The number of carbonyl (C=O) groups is 2. The van der Waals surface area contributed by atoms with Crippen molar-refractivity contribution in [2.45, 2.75) is 19.1 Å². The van der Waals surface area contributed by atoms with Crippen molar-refractivity contribution in [3.8, 4) is 5.75 Å². The number of carboxylic acids is 1. The van der Waals surface area contributed by atoms with E-state index in [2.05, 4.69) is 5.32 Å². The van der Waals surface area contributed by atoms with Crippen LogP contribution in [0.5, 0.6) is 5.75 Å². The maximum Gasteiger partial charge on any atom is 0.407 e.